The zero-order valence-corrected chi connectivity index (χ0v) is 18.1. The Balaban J connectivity index is 1.37. The van der Waals surface area contributed by atoms with Crippen molar-refractivity contribution in [3.05, 3.63) is 76.5 Å². The highest BCUT2D eigenvalue weighted by molar-refractivity contribution is 7.80. The minimum Gasteiger partial charge on any atom is -0.451 e. The molecule has 0 bridgehead atoms. The number of carbonyl (C=O) groups is 1. The van der Waals surface area contributed by atoms with Crippen molar-refractivity contribution in [3.8, 4) is 11.3 Å². The number of para-hydroxylation sites is 1. The van der Waals surface area contributed by atoms with Gasteiger partial charge < -0.3 is 14.6 Å². The predicted octanol–water partition coefficient (Wildman–Crippen LogP) is 4.97. The van der Waals surface area contributed by atoms with E-state index in [2.05, 4.69) is 15.5 Å². The number of hydrogen-bond acceptors (Lipinski definition) is 6. The van der Waals surface area contributed by atoms with Gasteiger partial charge in [-0.25, -0.2) is 0 Å². The summed E-state index contributed by atoms with van der Waals surface area (Å²) in [6.07, 6.45) is 3.70. The highest BCUT2D eigenvalue weighted by Crippen LogP contribution is 2.30. The van der Waals surface area contributed by atoms with E-state index in [4.69, 9.17) is 16.6 Å². The van der Waals surface area contributed by atoms with E-state index in [1.54, 1.807) is 18.2 Å². The van der Waals surface area contributed by atoms with Gasteiger partial charge in [0, 0.05) is 30.5 Å². The molecular formula is C23H22N4O4S. The highest BCUT2D eigenvalue weighted by Gasteiger charge is 2.20. The molecule has 9 heteroatoms. The average molecular weight is 451 g/mol. The number of nitrogens with one attached hydrogen (secondary N) is 2. The molecule has 1 saturated heterocycles. The van der Waals surface area contributed by atoms with Crippen LogP contribution in [0, 0.1) is 10.1 Å². The van der Waals surface area contributed by atoms with E-state index in [9.17, 15) is 14.9 Å². The Morgan fingerprint density at radius 3 is 2.44 bits per heavy atom. The fourth-order valence-electron chi connectivity index (χ4n) is 3.68. The van der Waals surface area contributed by atoms with Crippen molar-refractivity contribution in [1.29, 1.82) is 0 Å². The van der Waals surface area contributed by atoms with Crippen LogP contribution in [0.4, 0.5) is 17.1 Å². The number of furan rings is 1. The third kappa shape index (κ3) is 4.94. The lowest BCUT2D eigenvalue weighted by atomic mass is 10.1. The Hall–Kier alpha value is -3.72. The monoisotopic (exact) mass is 450 g/mol. The van der Waals surface area contributed by atoms with Crippen LogP contribution < -0.4 is 15.5 Å². The van der Waals surface area contributed by atoms with E-state index in [1.807, 2.05) is 24.3 Å². The van der Waals surface area contributed by atoms with E-state index in [-0.39, 0.29) is 22.3 Å². The molecule has 0 atom stereocenters. The number of carbonyl (C=O) groups excluding carboxylic acids is 1. The Morgan fingerprint density at radius 2 is 1.72 bits per heavy atom. The SMILES string of the molecule is O=C(NC(=S)Nc1ccc(N2CCCCC2)cc1)c1ccc(-c2ccccc2[N+](=O)[O-])o1. The Morgan fingerprint density at radius 1 is 1.00 bits per heavy atom. The number of nitro benzene ring substituents is 1. The number of anilines is 2. The number of thiocarbonyl (C=S) groups is 1. The molecule has 1 amide bonds. The summed E-state index contributed by atoms with van der Waals surface area (Å²) in [5, 5.41) is 16.9. The van der Waals surface area contributed by atoms with Gasteiger partial charge in [0.15, 0.2) is 10.9 Å². The second-order valence-corrected chi connectivity index (χ2v) is 7.85. The van der Waals surface area contributed by atoms with Crippen LogP contribution >= 0.6 is 12.2 Å². The standard InChI is InChI=1S/C23H22N4O4S/c28-22(21-13-12-20(31-21)18-6-2-3-7-19(18)27(29)30)25-23(32)24-16-8-10-17(11-9-16)26-14-4-1-5-15-26/h2-3,6-13H,1,4-5,14-15H2,(H2,24,25,28,32). The van der Waals surface area contributed by atoms with Gasteiger partial charge in [-0.1, -0.05) is 12.1 Å². The van der Waals surface area contributed by atoms with E-state index in [0.717, 1.165) is 18.8 Å². The van der Waals surface area contributed by atoms with Crippen LogP contribution in [-0.2, 0) is 0 Å². The van der Waals surface area contributed by atoms with Gasteiger partial charge in [-0.3, -0.25) is 20.2 Å². The largest absolute Gasteiger partial charge is 0.451 e. The fourth-order valence-corrected chi connectivity index (χ4v) is 3.89. The molecule has 1 aliphatic rings. The zero-order chi connectivity index (χ0) is 22.5. The van der Waals surface area contributed by atoms with E-state index in [1.165, 1.54) is 43.1 Å². The molecule has 4 rings (SSSR count). The minimum absolute atomic E-state index is 0.00254. The first-order chi connectivity index (χ1) is 15.5. The number of piperidine rings is 1. The first-order valence-corrected chi connectivity index (χ1v) is 10.7. The van der Waals surface area contributed by atoms with Gasteiger partial charge in [-0.05, 0) is 73.9 Å². The molecule has 8 nitrogen and oxygen atoms in total. The molecule has 0 saturated carbocycles. The summed E-state index contributed by atoms with van der Waals surface area (Å²) in [5.41, 5.74) is 2.13. The molecule has 2 aromatic carbocycles. The molecule has 1 aliphatic heterocycles. The van der Waals surface area contributed by atoms with Crippen molar-refractivity contribution < 1.29 is 14.1 Å². The van der Waals surface area contributed by atoms with Gasteiger partial charge >= 0.3 is 0 Å². The van der Waals surface area contributed by atoms with Crippen LogP contribution in [0.3, 0.4) is 0 Å². The lowest BCUT2D eigenvalue weighted by Gasteiger charge is -2.28. The molecule has 164 valence electrons. The number of nitrogens with zero attached hydrogens (tertiary/aromatic N) is 2. The van der Waals surface area contributed by atoms with Crippen molar-refractivity contribution in [3.63, 3.8) is 0 Å². The van der Waals surface area contributed by atoms with Crippen LogP contribution in [0.15, 0.2) is 65.1 Å². The van der Waals surface area contributed by atoms with Gasteiger partial charge in [0.25, 0.3) is 11.6 Å². The second-order valence-electron chi connectivity index (χ2n) is 7.44. The van der Waals surface area contributed by atoms with Crippen LogP contribution in [0.2, 0.25) is 0 Å². The Bertz CT molecular complexity index is 1140. The normalized spacial score (nSPS) is 13.4. The smallest absolute Gasteiger partial charge is 0.293 e. The highest BCUT2D eigenvalue weighted by atomic mass is 32.1. The van der Waals surface area contributed by atoms with Gasteiger partial charge in [0.2, 0.25) is 0 Å². The summed E-state index contributed by atoms with van der Waals surface area (Å²) >= 11 is 5.24. The van der Waals surface area contributed by atoms with Crippen LogP contribution in [0.25, 0.3) is 11.3 Å². The third-order valence-electron chi connectivity index (χ3n) is 5.27. The van der Waals surface area contributed by atoms with E-state index < -0.39 is 10.8 Å². The number of amides is 1. The molecule has 1 fully saturated rings. The number of hydrogen-bond donors (Lipinski definition) is 2. The summed E-state index contributed by atoms with van der Waals surface area (Å²) in [6, 6.07) is 17.1. The first-order valence-electron chi connectivity index (χ1n) is 10.3. The molecule has 0 radical (unpaired) electrons. The Labute approximate surface area is 190 Å². The van der Waals surface area contributed by atoms with Gasteiger partial charge in [0.1, 0.15) is 5.76 Å². The number of rotatable bonds is 5. The van der Waals surface area contributed by atoms with Crippen LogP contribution in [0.5, 0.6) is 0 Å². The second kappa shape index (κ2) is 9.61. The topological polar surface area (TPSA) is 101 Å². The van der Waals surface area contributed by atoms with Crippen molar-refractivity contribution in [2.24, 2.45) is 0 Å². The minimum atomic E-state index is -0.544. The van der Waals surface area contributed by atoms with Crippen LogP contribution in [-0.4, -0.2) is 29.0 Å². The maximum absolute atomic E-state index is 12.5. The van der Waals surface area contributed by atoms with E-state index in [0.29, 0.717) is 5.56 Å². The lowest BCUT2D eigenvalue weighted by molar-refractivity contribution is -0.384. The maximum Gasteiger partial charge on any atom is 0.293 e. The van der Waals surface area contributed by atoms with Gasteiger partial charge in [-0.15, -0.1) is 0 Å². The molecule has 2 N–H and O–H groups in total. The molecule has 2 heterocycles. The summed E-state index contributed by atoms with van der Waals surface area (Å²) in [6.45, 7) is 2.14. The first kappa shape index (κ1) is 21.5. The third-order valence-corrected chi connectivity index (χ3v) is 5.47. The molecule has 0 aliphatic carbocycles. The maximum atomic E-state index is 12.5. The number of benzene rings is 2. The summed E-state index contributed by atoms with van der Waals surface area (Å²) in [5.74, 6) is -0.311. The van der Waals surface area contributed by atoms with Crippen molar-refractivity contribution in [2.45, 2.75) is 19.3 Å². The molecule has 3 aromatic rings. The lowest BCUT2D eigenvalue weighted by Crippen LogP contribution is -2.34. The predicted molar refractivity (Wildman–Crippen MR) is 127 cm³/mol. The fraction of sp³-hybridized carbons (Fsp3) is 0.217. The van der Waals surface area contributed by atoms with Crippen molar-refractivity contribution in [2.75, 3.05) is 23.3 Å². The summed E-state index contributed by atoms with van der Waals surface area (Å²) < 4.78 is 5.55. The van der Waals surface area contributed by atoms with Crippen molar-refractivity contribution in [1.82, 2.24) is 5.32 Å². The molecule has 1 aromatic heterocycles. The molecular weight excluding hydrogens is 428 g/mol. The summed E-state index contributed by atoms with van der Waals surface area (Å²) in [4.78, 5) is 25.6. The van der Waals surface area contributed by atoms with Gasteiger partial charge in [-0.2, -0.15) is 0 Å². The quantitative estimate of drug-likeness (QED) is 0.321. The van der Waals surface area contributed by atoms with E-state index >= 15 is 0 Å². The molecule has 0 unspecified atom stereocenters. The average Bonchev–Trinajstić information content (AvgIpc) is 3.30. The van der Waals surface area contributed by atoms with Crippen molar-refractivity contribution >= 4 is 40.3 Å². The summed E-state index contributed by atoms with van der Waals surface area (Å²) in [7, 11) is 0. The molecule has 32 heavy (non-hydrogen) atoms. The number of nitro groups is 1. The molecule has 0 spiro atoms. The van der Waals surface area contributed by atoms with Crippen LogP contribution in [0.1, 0.15) is 29.8 Å². The Kier molecular flexibility index (Phi) is 6.46. The van der Waals surface area contributed by atoms with Gasteiger partial charge in [0.05, 0.1) is 10.5 Å². The zero-order valence-electron chi connectivity index (χ0n) is 17.2.